The Morgan fingerprint density at radius 2 is 2.16 bits per heavy atom. The third-order valence-electron chi connectivity index (χ3n) is 4.58. The minimum absolute atomic E-state index is 0.0412. The van der Waals surface area contributed by atoms with E-state index in [1.807, 2.05) is 17.0 Å². The second kappa shape index (κ2) is 3.73. The summed E-state index contributed by atoms with van der Waals surface area (Å²) in [6.07, 6.45) is 3.30. The van der Waals surface area contributed by atoms with Crippen molar-refractivity contribution >= 4 is 29.2 Å². The lowest BCUT2D eigenvalue weighted by Crippen LogP contribution is -2.40. The standard InChI is InChI=1S/C14H14ClN3O/c15-9-2-1-3-10(7-9)18-13(19)12-8-4-5-11(6-8)17(12)14(18)16/h1-3,7-8,11-12,16H,4-6H2/t8-,11+,12+/m1/s1. The topological polar surface area (TPSA) is 47.4 Å². The molecule has 2 heterocycles. The van der Waals surface area contributed by atoms with Crippen molar-refractivity contribution in [2.45, 2.75) is 31.3 Å². The first kappa shape index (κ1) is 11.3. The lowest BCUT2D eigenvalue weighted by atomic mass is 9.99. The number of rotatable bonds is 1. The molecule has 2 bridgehead atoms. The molecule has 3 atom stereocenters. The van der Waals surface area contributed by atoms with Gasteiger partial charge in [0.25, 0.3) is 5.91 Å². The summed E-state index contributed by atoms with van der Waals surface area (Å²) in [7, 11) is 0. The molecule has 2 saturated heterocycles. The molecule has 1 saturated carbocycles. The van der Waals surface area contributed by atoms with Gasteiger partial charge in [-0.3, -0.25) is 10.2 Å². The third-order valence-corrected chi connectivity index (χ3v) is 4.82. The van der Waals surface area contributed by atoms with Crippen LogP contribution in [0.15, 0.2) is 24.3 Å². The van der Waals surface area contributed by atoms with Crippen LogP contribution in [-0.2, 0) is 4.79 Å². The van der Waals surface area contributed by atoms with E-state index in [1.165, 1.54) is 4.90 Å². The molecule has 4 nitrogen and oxygen atoms in total. The molecule has 0 aromatic heterocycles. The van der Waals surface area contributed by atoms with Crippen molar-refractivity contribution < 1.29 is 4.79 Å². The smallest absolute Gasteiger partial charge is 0.256 e. The molecule has 98 valence electrons. The molecule has 19 heavy (non-hydrogen) atoms. The minimum Gasteiger partial charge on any atom is -0.327 e. The number of guanidine groups is 1. The molecule has 1 N–H and O–H groups in total. The number of hydrogen-bond donors (Lipinski definition) is 1. The number of anilines is 1. The molecule has 3 aliphatic rings. The maximum atomic E-state index is 12.6. The van der Waals surface area contributed by atoms with E-state index in [9.17, 15) is 4.79 Å². The van der Waals surface area contributed by atoms with Crippen molar-refractivity contribution in [2.75, 3.05) is 4.90 Å². The number of carbonyl (C=O) groups is 1. The maximum Gasteiger partial charge on any atom is 0.256 e. The van der Waals surface area contributed by atoms with Crippen LogP contribution in [-0.4, -0.2) is 28.9 Å². The van der Waals surface area contributed by atoms with Gasteiger partial charge in [-0.25, -0.2) is 4.90 Å². The number of carbonyl (C=O) groups excluding carboxylic acids is 1. The SMILES string of the molecule is N=C1N(c2cccc(Cl)c2)C(=O)[C@@H]2[C@@H]3CC[C@@H](C3)N12. The third kappa shape index (κ3) is 1.40. The van der Waals surface area contributed by atoms with Crippen LogP contribution < -0.4 is 4.90 Å². The van der Waals surface area contributed by atoms with Crippen molar-refractivity contribution in [3.63, 3.8) is 0 Å². The molecule has 0 spiro atoms. The fourth-order valence-electron chi connectivity index (χ4n) is 3.83. The van der Waals surface area contributed by atoms with Gasteiger partial charge in [0.05, 0.1) is 5.69 Å². The number of piperidine rings is 1. The number of hydrogen-bond acceptors (Lipinski definition) is 2. The minimum atomic E-state index is -0.106. The number of fused-ring (bicyclic) bond motifs is 5. The Balaban J connectivity index is 1.75. The van der Waals surface area contributed by atoms with Crippen molar-refractivity contribution in [2.24, 2.45) is 5.92 Å². The first-order valence-corrected chi connectivity index (χ1v) is 7.01. The lowest BCUT2D eigenvalue weighted by Gasteiger charge is -2.27. The highest BCUT2D eigenvalue weighted by atomic mass is 35.5. The normalized spacial score (nSPS) is 32.4. The van der Waals surface area contributed by atoms with E-state index in [1.54, 1.807) is 12.1 Å². The van der Waals surface area contributed by atoms with Gasteiger partial charge in [-0.1, -0.05) is 17.7 Å². The van der Waals surface area contributed by atoms with Crippen LogP contribution in [0, 0.1) is 11.3 Å². The molecule has 3 fully saturated rings. The molecular formula is C14H14ClN3O. The number of benzene rings is 1. The maximum absolute atomic E-state index is 12.6. The van der Waals surface area contributed by atoms with Gasteiger partial charge in [0.1, 0.15) is 6.04 Å². The highest BCUT2D eigenvalue weighted by Crippen LogP contribution is 2.47. The fourth-order valence-corrected chi connectivity index (χ4v) is 4.01. The molecule has 0 radical (unpaired) electrons. The molecule has 1 aromatic carbocycles. The van der Waals surface area contributed by atoms with Gasteiger partial charge in [0, 0.05) is 11.1 Å². The Bertz CT molecular complexity index is 560. The van der Waals surface area contributed by atoms with Crippen molar-refractivity contribution in [1.82, 2.24) is 4.90 Å². The van der Waals surface area contributed by atoms with Gasteiger partial charge < -0.3 is 4.90 Å². The molecule has 4 rings (SSSR count). The average molecular weight is 276 g/mol. The highest BCUT2D eigenvalue weighted by Gasteiger charge is 2.57. The van der Waals surface area contributed by atoms with Crippen LogP contribution in [0.1, 0.15) is 19.3 Å². The Kier molecular flexibility index (Phi) is 2.22. The zero-order valence-electron chi connectivity index (χ0n) is 10.3. The largest absolute Gasteiger partial charge is 0.327 e. The predicted molar refractivity (Wildman–Crippen MR) is 73.4 cm³/mol. The number of halogens is 1. The van der Waals surface area contributed by atoms with Crippen LogP contribution in [0.25, 0.3) is 0 Å². The summed E-state index contributed by atoms with van der Waals surface area (Å²) in [6, 6.07) is 7.46. The van der Waals surface area contributed by atoms with Gasteiger partial charge >= 0.3 is 0 Å². The fraction of sp³-hybridized carbons (Fsp3) is 0.429. The van der Waals surface area contributed by atoms with Crippen LogP contribution >= 0.6 is 11.6 Å². The first-order valence-electron chi connectivity index (χ1n) is 6.63. The van der Waals surface area contributed by atoms with Gasteiger partial charge in [0.15, 0.2) is 0 Å². The molecule has 1 amide bonds. The van der Waals surface area contributed by atoms with Crippen molar-refractivity contribution in [3.05, 3.63) is 29.3 Å². The van der Waals surface area contributed by atoms with E-state index >= 15 is 0 Å². The molecule has 0 unspecified atom stereocenters. The summed E-state index contributed by atoms with van der Waals surface area (Å²) in [4.78, 5) is 16.1. The summed E-state index contributed by atoms with van der Waals surface area (Å²) in [5.74, 6) is 0.797. The highest BCUT2D eigenvalue weighted by molar-refractivity contribution is 6.31. The first-order chi connectivity index (χ1) is 9.16. The monoisotopic (exact) mass is 275 g/mol. The van der Waals surface area contributed by atoms with Crippen molar-refractivity contribution in [3.8, 4) is 0 Å². The van der Waals surface area contributed by atoms with Gasteiger partial charge in [-0.2, -0.15) is 0 Å². The zero-order chi connectivity index (χ0) is 13.1. The lowest BCUT2D eigenvalue weighted by molar-refractivity contribution is -0.120. The molecule has 2 aliphatic heterocycles. The Hall–Kier alpha value is -1.55. The summed E-state index contributed by atoms with van der Waals surface area (Å²) in [6.45, 7) is 0. The van der Waals surface area contributed by atoms with Crippen LogP contribution in [0.4, 0.5) is 5.69 Å². The van der Waals surface area contributed by atoms with Gasteiger partial charge in [-0.05, 0) is 43.4 Å². The van der Waals surface area contributed by atoms with Crippen LogP contribution in [0.3, 0.4) is 0 Å². The van der Waals surface area contributed by atoms with E-state index in [0.717, 1.165) is 19.3 Å². The average Bonchev–Trinajstić information content (AvgIpc) is 3.04. The number of amides is 1. The van der Waals surface area contributed by atoms with E-state index < -0.39 is 0 Å². The van der Waals surface area contributed by atoms with Gasteiger partial charge in [-0.15, -0.1) is 0 Å². The number of nitrogens with zero attached hydrogens (tertiary/aromatic N) is 2. The van der Waals surface area contributed by atoms with Crippen LogP contribution in [0.5, 0.6) is 0 Å². The van der Waals surface area contributed by atoms with E-state index in [0.29, 0.717) is 28.6 Å². The second-order valence-electron chi connectivity index (χ2n) is 5.56. The zero-order valence-corrected chi connectivity index (χ0v) is 11.1. The molecular weight excluding hydrogens is 262 g/mol. The van der Waals surface area contributed by atoms with E-state index in [2.05, 4.69) is 0 Å². The van der Waals surface area contributed by atoms with Gasteiger partial charge in [0.2, 0.25) is 5.96 Å². The quantitative estimate of drug-likeness (QED) is 0.856. The number of nitrogens with one attached hydrogen (secondary N) is 1. The summed E-state index contributed by atoms with van der Waals surface area (Å²) in [5.41, 5.74) is 0.705. The Labute approximate surface area is 116 Å². The second-order valence-corrected chi connectivity index (χ2v) is 5.99. The van der Waals surface area contributed by atoms with E-state index in [-0.39, 0.29) is 11.9 Å². The Morgan fingerprint density at radius 1 is 1.32 bits per heavy atom. The van der Waals surface area contributed by atoms with Crippen molar-refractivity contribution in [1.29, 1.82) is 5.41 Å². The summed E-state index contributed by atoms with van der Waals surface area (Å²) >= 11 is 5.99. The molecule has 5 heteroatoms. The summed E-state index contributed by atoms with van der Waals surface area (Å²) < 4.78 is 0. The van der Waals surface area contributed by atoms with E-state index in [4.69, 9.17) is 17.0 Å². The molecule has 1 aliphatic carbocycles. The molecule has 1 aromatic rings. The Morgan fingerprint density at radius 3 is 2.89 bits per heavy atom. The summed E-state index contributed by atoms with van der Waals surface area (Å²) in [5, 5.41) is 8.91. The van der Waals surface area contributed by atoms with Crippen LogP contribution in [0.2, 0.25) is 5.02 Å². The predicted octanol–water partition coefficient (Wildman–Crippen LogP) is 2.47.